The molecule has 0 aliphatic rings. The van der Waals surface area contributed by atoms with E-state index in [4.69, 9.17) is 10.5 Å². The number of benzene rings is 1. The van der Waals surface area contributed by atoms with Crippen molar-refractivity contribution in [1.29, 1.82) is 0 Å². The Morgan fingerprint density at radius 3 is 2.55 bits per heavy atom. The third kappa shape index (κ3) is 8.44. The summed E-state index contributed by atoms with van der Waals surface area (Å²) in [6.45, 7) is 4.10. The Morgan fingerprint density at radius 1 is 1.32 bits per heavy atom. The van der Waals surface area contributed by atoms with Gasteiger partial charge in [0.2, 0.25) is 5.91 Å². The van der Waals surface area contributed by atoms with Gasteiger partial charge in [0.1, 0.15) is 12.4 Å². The predicted octanol–water partition coefficient (Wildman–Crippen LogP) is 1.68. The van der Waals surface area contributed by atoms with Crippen molar-refractivity contribution in [3.8, 4) is 5.75 Å². The summed E-state index contributed by atoms with van der Waals surface area (Å²) in [4.78, 5) is 13.8. The van der Waals surface area contributed by atoms with Crippen molar-refractivity contribution in [3.63, 3.8) is 0 Å². The van der Waals surface area contributed by atoms with Crippen molar-refractivity contribution in [1.82, 2.24) is 10.2 Å². The van der Waals surface area contributed by atoms with E-state index in [-0.39, 0.29) is 36.6 Å². The highest BCUT2D eigenvalue weighted by molar-refractivity contribution is 5.85. The molecule has 1 aromatic rings. The molecule has 1 atom stereocenters. The monoisotopic (exact) mass is 351 g/mol. The topological polar surface area (TPSA) is 67.6 Å². The maximum absolute atomic E-state index is 11.7. The number of likely N-dealkylation sites (N-methyl/N-ethyl adjacent to an activating group) is 1. The maximum atomic E-state index is 11.7. The van der Waals surface area contributed by atoms with E-state index < -0.39 is 0 Å². The summed E-state index contributed by atoms with van der Waals surface area (Å²) in [6.07, 6.45) is 0. The van der Waals surface area contributed by atoms with Gasteiger partial charge in [0.25, 0.3) is 0 Å². The third-order valence-corrected chi connectivity index (χ3v) is 3.02. The molecule has 0 radical (unpaired) electrons. The van der Waals surface area contributed by atoms with Crippen molar-refractivity contribution in [2.24, 2.45) is 11.7 Å². The number of carbonyl (C=O) groups excluding carboxylic acids is 1. The molecule has 22 heavy (non-hydrogen) atoms. The first kappa shape index (κ1) is 23.3. The van der Waals surface area contributed by atoms with Crippen molar-refractivity contribution >= 4 is 30.7 Å². The summed E-state index contributed by atoms with van der Waals surface area (Å²) in [5.74, 6) is 0.613. The molecule has 3 N–H and O–H groups in total. The van der Waals surface area contributed by atoms with Crippen LogP contribution < -0.4 is 15.8 Å². The van der Waals surface area contributed by atoms with Crippen LogP contribution in [-0.2, 0) is 11.3 Å². The number of nitrogens with zero attached hydrogens (tertiary/aromatic N) is 1. The molecule has 0 spiro atoms. The zero-order valence-corrected chi connectivity index (χ0v) is 15.0. The first-order valence-corrected chi connectivity index (χ1v) is 6.87. The maximum Gasteiger partial charge on any atom is 0.224 e. The summed E-state index contributed by atoms with van der Waals surface area (Å²) in [7, 11) is 4.01. The van der Waals surface area contributed by atoms with Gasteiger partial charge in [-0.3, -0.25) is 4.79 Å². The summed E-state index contributed by atoms with van der Waals surface area (Å²) in [5.41, 5.74) is 6.45. The van der Waals surface area contributed by atoms with Crippen molar-refractivity contribution < 1.29 is 9.53 Å². The van der Waals surface area contributed by atoms with Crippen LogP contribution in [-0.4, -0.2) is 44.6 Å². The second kappa shape index (κ2) is 12.5. The zero-order valence-electron chi connectivity index (χ0n) is 13.4. The van der Waals surface area contributed by atoms with E-state index in [0.717, 1.165) is 17.9 Å². The van der Waals surface area contributed by atoms with Gasteiger partial charge in [0.05, 0.1) is 0 Å². The number of hydrogen-bond donors (Lipinski definition) is 2. The Morgan fingerprint density at radius 2 is 1.95 bits per heavy atom. The molecule has 0 fully saturated rings. The summed E-state index contributed by atoms with van der Waals surface area (Å²) in [6, 6.07) is 7.74. The van der Waals surface area contributed by atoms with E-state index in [9.17, 15) is 4.79 Å². The number of halogens is 2. The molecule has 128 valence electrons. The first-order chi connectivity index (χ1) is 9.54. The normalized spacial score (nSPS) is 11.1. The van der Waals surface area contributed by atoms with E-state index in [1.165, 1.54) is 0 Å². The molecule has 0 aromatic heterocycles. The highest BCUT2D eigenvalue weighted by Crippen LogP contribution is 2.17. The van der Waals surface area contributed by atoms with Crippen molar-refractivity contribution in [2.75, 3.05) is 33.8 Å². The lowest BCUT2D eigenvalue weighted by atomic mass is 10.1. The molecule has 0 aliphatic heterocycles. The molecule has 1 aromatic carbocycles. The van der Waals surface area contributed by atoms with Gasteiger partial charge in [-0.15, -0.1) is 24.8 Å². The van der Waals surface area contributed by atoms with Crippen molar-refractivity contribution in [3.05, 3.63) is 29.8 Å². The molecule has 1 unspecified atom stereocenters. The summed E-state index contributed by atoms with van der Waals surface area (Å²) >= 11 is 0. The zero-order chi connectivity index (χ0) is 15.0. The van der Waals surface area contributed by atoms with Gasteiger partial charge in [-0.05, 0) is 20.2 Å². The molecule has 7 heteroatoms. The standard InChI is InChI=1S/C15H25N3O2.2ClH/c1-12(10-16)15(19)17-11-13-6-4-5-7-14(13)20-9-8-18(2)3;;/h4-7,12H,8-11,16H2,1-3H3,(H,17,19);2*1H. The number of hydrogen-bond acceptors (Lipinski definition) is 4. The fraction of sp³-hybridized carbons (Fsp3) is 0.533. The summed E-state index contributed by atoms with van der Waals surface area (Å²) in [5, 5.41) is 2.88. The summed E-state index contributed by atoms with van der Waals surface area (Å²) < 4.78 is 5.75. The quantitative estimate of drug-likeness (QED) is 0.747. The lowest BCUT2D eigenvalue weighted by molar-refractivity contribution is -0.124. The second-order valence-corrected chi connectivity index (χ2v) is 5.11. The van der Waals surface area contributed by atoms with Crippen LogP contribution in [0.15, 0.2) is 24.3 Å². The van der Waals surface area contributed by atoms with Gasteiger partial charge < -0.3 is 20.7 Å². The average molecular weight is 352 g/mol. The first-order valence-electron chi connectivity index (χ1n) is 6.87. The lowest BCUT2D eigenvalue weighted by Gasteiger charge is -2.15. The Bertz CT molecular complexity index is 431. The van der Waals surface area contributed by atoms with Crippen LogP contribution in [0.2, 0.25) is 0 Å². The van der Waals surface area contributed by atoms with E-state index in [2.05, 4.69) is 10.2 Å². The van der Waals surface area contributed by atoms with Gasteiger partial charge >= 0.3 is 0 Å². The van der Waals surface area contributed by atoms with Crippen LogP contribution in [0.1, 0.15) is 12.5 Å². The number of nitrogens with one attached hydrogen (secondary N) is 1. The molecule has 5 nitrogen and oxygen atoms in total. The largest absolute Gasteiger partial charge is 0.492 e. The van der Waals surface area contributed by atoms with Gasteiger partial charge in [-0.25, -0.2) is 0 Å². The highest BCUT2D eigenvalue weighted by atomic mass is 35.5. The average Bonchev–Trinajstić information content (AvgIpc) is 2.44. The molecule has 1 rings (SSSR count). The van der Waals surface area contributed by atoms with Gasteiger partial charge in [-0.2, -0.15) is 0 Å². The SMILES string of the molecule is CC(CN)C(=O)NCc1ccccc1OCCN(C)C.Cl.Cl. The second-order valence-electron chi connectivity index (χ2n) is 5.11. The van der Waals surface area contributed by atoms with E-state index in [1.807, 2.05) is 45.3 Å². The number of rotatable bonds is 8. The molecule has 0 heterocycles. The third-order valence-electron chi connectivity index (χ3n) is 3.02. The van der Waals surface area contributed by atoms with E-state index in [1.54, 1.807) is 0 Å². The minimum Gasteiger partial charge on any atom is -0.492 e. The minimum absolute atomic E-state index is 0. The van der Waals surface area contributed by atoms with Gasteiger partial charge in [0.15, 0.2) is 0 Å². The van der Waals surface area contributed by atoms with Crippen LogP contribution in [0.5, 0.6) is 5.75 Å². The molecular weight excluding hydrogens is 325 g/mol. The molecule has 0 saturated heterocycles. The van der Waals surface area contributed by atoms with Crippen LogP contribution in [0, 0.1) is 5.92 Å². The van der Waals surface area contributed by atoms with Crippen LogP contribution in [0.3, 0.4) is 0 Å². The molecule has 0 saturated carbocycles. The van der Waals surface area contributed by atoms with E-state index >= 15 is 0 Å². The number of nitrogens with two attached hydrogens (primary N) is 1. The van der Waals surface area contributed by atoms with Gasteiger partial charge in [0, 0.05) is 31.1 Å². The van der Waals surface area contributed by atoms with E-state index in [0.29, 0.717) is 19.7 Å². The Labute approximate surface area is 145 Å². The Kier molecular flexibility index (Phi) is 13.2. The fourth-order valence-corrected chi connectivity index (χ4v) is 1.59. The number of amides is 1. The lowest BCUT2D eigenvalue weighted by Crippen LogP contribution is -2.32. The molecular formula is C15H27Cl2N3O2. The van der Waals surface area contributed by atoms with Crippen LogP contribution in [0.25, 0.3) is 0 Å². The molecule has 0 bridgehead atoms. The smallest absolute Gasteiger partial charge is 0.224 e. The van der Waals surface area contributed by atoms with Crippen molar-refractivity contribution in [2.45, 2.75) is 13.5 Å². The molecule has 0 aliphatic carbocycles. The Hall–Kier alpha value is -1.01. The number of ether oxygens (including phenoxy) is 1. The predicted molar refractivity (Wildman–Crippen MR) is 95.1 cm³/mol. The number of carbonyl (C=O) groups is 1. The Balaban J connectivity index is 0. The minimum atomic E-state index is -0.170. The number of para-hydroxylation sites is 1. The van der Waals surface area contributed by atoms with Crippen LogP contribution >= 0.6 is 24.8 Å². The highest BCUT2D eigenvalue weighted by Gasteiger charge is 2.11. The van der Waals surface area contributed by atoms with Gasteiger partial charge in [-0.1, -0.05) is 25.1 Å². The van der Waals surface area contributed by atoms with Crippen LogP contribution in [0.4, 0.5) is 0 Å². The fourth-order valence-electron chi connectivity index (χ4n) is 1.59. The molecule has 1 amide bonds.